The van der Waals surface area contributed by atoms with Gasteiger partial charge in [0.2, 0.25) is 0 Å². The Balaban J connectivity index is 1.84. The van der Waals surface area contributed by atoms with Crippen LogP contribution in [0.4, 0.5) is 0 Å². The number of hydrogen-bond donors (Lipinski definition) is 1. The third-order valence-corrected chi connectivity index (χ3v) is 4.38. The van der Waals surface area contributed by atoms with E-state index < -0.39 is 11.4 Å². The van der Waals surface area contributed by atoms with Crippen molar-refractivity contribution in [1.29, 1.82) is 0 Å². The number of benzene rings is 1. The molecule has 3 heteroatoms. The molecule has 1 aliphatic carbocycles. The summed E-state index contributed by atoms with van der Waals surface area (Å²) in [5, 5.41) is 9.39. The molecule has 1 saturated heterocycles. The van der Waals surface area contributed by atoms with Gasteiger partial charge in [0.1, 0.15) is 0 Å². The molecule has 3 rings (SSSR count). The lowest BCUT2D eigenvalue weighted by atomic mass is 9.64. The van der Waals surface area contributed by atoms with Crippen LogP contribution in [0.1, 0.15) is 49.3 Å². The van der Waals surface area contributed by atoms with Crippen molar-refractivity contribution >= 4 is 5.97 Å². The highest BCUT2D eigenvalue weighted by Crippen LogP contribution is 2.44. The standard InChI is InChI=1S/C15H18O3/c16-14(17)15(8-2-9-15)12-6-4-11(5-7-12)13-3-1-10-18-13/h4-7,13H,1-3,8-10H2,(H,16,17). The molecule has 2 fully saturated rings. The van der Waals surface area contributed by atoms with Gasteiger partial charge in [-0.15, -0.1) is 0 Å². The van der Waals surface area contributed by atoms with Gasteiger partial charge in [0.25, 0.3) is 0 Å². The van der Waals surface area contributed by atoms with Crippen molar-refractivity contribution in [3.05, 3.63) is 35.4 Å². The number of carbonyl (C=O) groups is 1. The van der Waals surface area contributed by atoms with Crippen molar-refractivity contribution in [2.75, 3.05) is 6.61 Å². The van der Waals surface area contributed by atoms with Crippen LogP contribution in [0.15, 0.2) is 24.3 Å². The first-order valence-electron chi connectivity index (χ1n) is 6.68. The molecule has 3 nitrogen and oxygen atoms in total. The molecule has 0 radical (unpaired) electrons. The molecule has 1 atom stereocenters. The number of carboxylic acids is 1. The lowest BCUT2D eigenvalue weighted by Crippen LogP contribution is -2.42. The fraction of sp³-hybridized carbons (Fsp3) is 0.533. The largest absolute Gasteiger partial charge is 0.481 e. The minimum Gasteiger partial charge on any atom is -0.481 e. The van der Waals surface area contributed by atoms with E-state index in [0.29, 0.717) is 0 Å². The molecule has 0 bridgehead atoms. The summed E-state index contributed by atoms with van der Waals surface area (Å²) in [6, 6.07) is 8.03. The minimum atomic E-state index is -0.682. The molecule has 2 aliphatic rings. The summed E-state index contributed by atoms with van der Waals surface area (Å²) < 4.78 is 5.64. The van der Waals surface area contributed by atoms with Crippen LogP contribution in [-0.2, 0) is 14.9 Å². The highest BCUT2D eigenvalue weighted by atomic mass is 16.5. The molecule has 1 aromatic rings. The Hall–Kier alpha value is -1.35. The average Bonchev–Trinajstić information content (AvgIpc) is 2.81. The van der Waals surface area contributed by atoms with E-state index in [1.807, 2.05) is 24.3 Å². The van der Waals surface area contributed by atoms with Crippen LogP contribution < -0.4 is 0 Å². The van der Waals surface area contributed by atoms with E-state index in [0.717, 1.165) is 44.3 Å². The van der Waals surface area contributed by atoms with Gasteiger partial charge in [-0.3, -0.25) is 4.79 Å². The van der Waals surface area contributed by atoms with Gasteiger partial charge in [0.15, 0.2) is 0 Å². The smallest absolute Gasteiger partial charge is 0.314 e. The molecule has 1 saturated carbocycles. The number of aliphatic carboxylic acids is 1. The molecule has 96 valence electrons. The molecular weight excluding hydrogens is 228 g/mol. The first-order valence-corrected chi connectivity index (χ1v) is 6.68. The van der Waals surface area contributed by atoms with Crippen molar-refractivity contribution in [3.63, 3.8) is 0 Å². The van der Waals surface area contributed by atoms with Crippen LogP contribution in [0.2, 0.25) is 0 Å². The molecule has 18 heavy (non-hydrogen) atoms. The fourth-order valence-corrected chi connectivity index (χ4v) is 3.01. The van der Waals surface area contributed by atoms with Gasteiger partial charge in [0.05, 0.1) is 11.5 Å². The van der Waals surface area contributed by atoms with Crippen molar-refractivity contribution < 1.29 is 14.6 Å². The molecule has 1 aromatic carbocycles. The van der Waals surface area contributed by atoms with Crippen molar-refractivity contribution in [3.8, 4) is 0 Å². The van der Waals surface area contributed by atoms with E-state index in [-0.39, 0.29) is 6.10 Å². The Morgan fingerprint density at radius 2 is 1.94 bits per heavy atom. The first kappa shape index (κ1) is 11.7. The molecule has 1 aliphatic heterocycles. The van der Waals surface area contributed by atoms with E-state index in [1.54, 1.807) is 0 Å². The molecule has 1 heterocycles. The summed E-state index contributed by atoms with van der Waals surface area (Å²) in [6.07, 6.45) is 4.94. The Labute approximate surface area is 107 Å². The Bertz CT molecular complexity index is 439. The molecule has 0 spiro atoms. The average molecular weight is 246 g/mol. The van der Waals surface area contributed by atoms with Gasteiger partial charge >= 0.3 is 5.97 Å². The van der Waals surface area contributed by atoms with Crippen molar-refractivity contribution in [2.45, 2.75) is 43.6 Å². The summed E-state index contributed by atoms with van der Waals surface area (Å²) in [7, 11) is 0. The van der Waals surface area contributed by atoms with Gasteiger partial charge in [-0.1, -0.05) is 30.7 Å². The van der Waals surface area contributed by atoms with E-state index in [2.05, 4.69) is 0 Å². The molecule has 1 N–H and O–H groups in total. The second-order valence-corrected chi connectivity index (χ2v) is 5.36. The Kier molecular flexibility index (Phi) is 2.86. The van der Waals surface area contributed by atoms with Gasteiger partial charge in [-0.05, 0) is 36.8 Å². The van der Waals surface area contributed by atoms with Gasteiger partial charge in [-0.25, -0.2) is 0 Å². The Morgan fingerprint density at radius 1 is 1.22 bits per heavy atom. The maximum atomic E-state index is 11.4. The van der Waals surface area contributed by atoms with Crippen molar-refractivity contribution in [2.24, 2.45) is 0 Å². The minimum absolute atomic E-state index is 0.209. The fourth-order valence-electron chi connectivity index (χ4n) is 3.01. The van der Waals surface area contributed by atoms with E-state index in [1.165, 1.54) is 5.56 Å². The quantitative estimate of drug-likeness (QED) is 0.891. The third kappa shape index (κ3) is 1.74. The summed E-state index contributed by atoms with van der Waals surface area (Å²) in [4.78, 5) is 11.4. The summed E-state index contributed by atoms with van der Waals surface area (Å²) in [6.45, 7) is 0.839. The zero-order chi connectivity index (χ0) is 12.6. The van der Waals surface area contributed by atoms with Crippen LogP contribution in [0.3, 0.4) is 0 Å². The Morgan fingerprint density at radius 3 is 2.39 bits per heavy atom. The highest BCUT2D eigenvalue weighted by Gasteiger charge is 2.45. The van der Waals surface area contributed by atoms with Gasteiger partial charge in [0, 0.05) is 6.61 Å². The predicted molar refractivity (Wildman–Crippen MR) is 67.5 cm³/mol. The predicted octanol–water partition coefficient (Wildman–Crippen LogP) is 3.04. The summed E-state index contributed by atoms with van der Waals surface area (Å²) in [5.74, 6) is -0.682. The summed E-state index contributed by atoms with van der Waals surface area (Å²) in [5.41, 5.74) is 1.51. The lowest BCUT2D eigenvalue weighted by Gasteiger charge is -2.38. The summed E-state index contributed by atoms with van der Waals surface area (Å²) >= 11 is 0. The zero-order valence-corrected chi connectivity index (χ0v) is 10.4. The highest BCUT2D eigenvalue weighted by molar-refractivity contribution is 5.82. The van der Waals surface area contributed by atoms with Crippen LogP contribution in [-0.4, -0.2) is 17.7 Å². The lowest BCUT2D eigenvalue weighted by molar-refractivity contribution is -0.147. The van der Waals surface area contributed by atoms with Gasteiger partial charge < -0.3 is 9.84 Å². The normalized spacial score (nSPS) is 25.7. The van der Waals surface area contributed by atoms with E-state index in [4.69, 9.17) is 4.74 Å². The van der Waals surface area contributed by atoms with Gasteiger partial charge in [-0.2, -0.15) is 0 Å². The number of carboxylic acid groups (broad SMARTS) is 1. The third-order valence-electron chi connectivity index (χ3n) is 4.38. The SMILES string of the molecule is O=C(O)C1(c2ccc(C3CCCO3)cc2)CCC1. The van der Waals surface area contributed by atoms with Crippen LogP contribution in [0, 0.1) is 0 Å². The number of ether oxygens (including phenoxy) is 1. The van der Waals surface area contributed by atoms with E-state index in [9.17, 15) is 9.90 Å². The second-order valence-electron chi connectivity index (χ2n) is 5.36. The molecule has 0 amide bonds. The number of hydrogen-bond acceptors (Lipinski definition) is 2. The molecule has 1 unspecified atom stereocenters. The topological polar surface area (TPSA) is 46.5 Å². The second kappa shape index (κ2) is 4.39. The molecule has 0 aromatic heterocycles. The monoisotopic (exact) mass is 246 g/mol. The zero-order valence-electron chi connectivity index (χ0n) is 10.4. The first-order chi connectivity index (χ1) is 8.72. The van der Waals surface area contributed by atoms with Crippen LogP contribution >= 0.6 is 0 Å². The maximum absolute atomic E-state index is 11.4. The van der Waals surface area contributed by atoms with E-state index >= 15 is 0 Å². The number of rotatable bonds is 3. The van der Waals surface area contributed by atoms with Crippen LogP contribution in [0.25, 0.3) is 0 Å². The molecular formula is C15H18O3. The van der Waals surface area contributed by atoms with Crippen molar-refractivity contribution in [1.82, 2.24) is 0 Å². The maximum Gasteiger partial charge on any atom is 0.314 e. The van der Waals surface area contributed by atoms with Crippen LogP contribution in [0.5, 0.6) is 0 Å².